The number of Topliss-reactive ketones (excluding diaryl/α,β-unsaturated/α-hetero) is 2. The van der Waals surface area contributed by atoms with E-state index in [1.165, 1.54) is 27.7 Å². The minimum atomic E-state index is -6.44. The molecule has 2 aliphatic carbocycles. The fourth-order valence-corrected chi connectivity index (χ4v) is 8.16. The maximum absolute atomic E-state index is 16.2. The number of benzene rings is 1. The van der Waals surface area contributed by atoms with E-state index in [9.17, 15) is 57.6 Å². The first kappa shape index (κ1) is 38.9. The third-order valence-electron chi connectivity index (χ3n) is 9.08. The molecule has 0 spiro atoms. The van der Waals surface area contributed by atoms with E-state index in [0.717, 1.165) is 19.1 Å². The first-order valence-corrected chi connectivity index (χ1v) is 17.2. The van der Waals surface area contributed by atoms with Crippen LogP contribution >= 0.6 is 0 Å². The number of halogens is 7. The maximum Gasteiger partial charge on any atom is 0.534 e. The van der Waals surface area contributed by atoms with Crippen LogP contribution in [0.15, 0.2) is 18.2 Å². The molecule has 49 heavy (non-hydrogen) atoms. The number of aryl methyl sites for hydroxylation is 1. The molecule has 3 fully saturated rings. The SMILES string of the molecule is CC(=O)OCC(=O)[C@@]12OC(C)(C)O[C@@H]1CC1[C@H](C[C@H](F)c3cc(OS(=O)(=O)C(F)(F)F)ccc3C)C(=O)[C@H](OS(=O)(=O)C(F)(F)F)C[C@@]12C. The number of carbonyl (C=O) groups excluding carboxylic acids is 3. The van der Waals surface area contributed by atoms with E-state index in [1.54, 1.807) is 0 Å². The summed E-state index contributed by atoms with van der Waals surface area (Å²) < 4.78 is 168. The monoisotopic (exact) mass is 756 g/mol. The number of ether oxygens (including phenoxy) is 3. The van der Waals surface area contributed by atoms with Crippen molar-refractivity contribution in [2.24, 2.45) is 17.3 Å². The van der Waals surface area contributed by atoms with Gasteiger partial charge in [0.1, 0.15) is 18.0 Å². The van der Waals surface area contributed by atoms with E-state index in [4.69, 9.17) is 14.2 Å². The van der Waals surface area contributed by atoms with Gasteiger partial charge >= 0.3 is 37.2 Å². The van der Waals surface area contributed by atoms with Gasteiger partial charge in [0, 0.05) is 18.3 Å². The van der Waals surface area contributed by atoms with Gasteiger partial charge in [-0.3, -0.25) is 18.6 Å². The molecule has 4 rings (SSSR count). The smallest absolute Gasteiger partial charge is 0.458 e. The zero-order valence-corrected chi connectivity index (χ0v) is 27.9. The summed E-state index contributed by atoms with van der Waals surface area (Å²) in [6.07, 6.45) is -8.15. The predicted octanol–water partition coefficient (Wildman–Crippen LogP) is 4.50. The fourth-order valence-electron chi connectivity index (χ4n) is 7.13. The van der Waals surface area contributed by atoms with Gasteiger partial charge in [0.15, 0.2) is 23.8 Å². The van der Waals surface area contributed by atoms with Crippen LogP contribution < -0.4 is 4.18 Å². The first-order valence-electron chi connectivity index (χ1n) is 14.4. The van der Waals surface area contributed by atoms with Crippen LogP contribution in [0.2, 0.25) is 0 Å². The molecule has 0 amide bonds. The zero-order valence-electron chi connectivity index (χ0n) is 26.3. The first-order chi connectivity index (χ1) is 22.1. The third kappa shape index (κ3) is 6.92. The number of ketones is 2. The number of rotatable bonds is 10. The van der Waals surface area contributed by atoms with Crippen molar-refractivity contribution in [3.8, 4) is 5.75 Å². The van der Waals surface area contributed by atoms with Crippen LogP contribution in [0.5, 0.6) is 5.75 Å². The highest BCUT2D eigenvalue weighted by atomic mass is 32.2. The van der Waals surface area contributed by atoms with Gasteiger partial charge in [-0.2, -0.15) is 43.2 Å². The van der Waals surface area contributed by atoms with Gasteiger partial charge in [-0.25, -0.2) is 4.39 Å². The quantitative estimate of drug-likeness (QED) is 0.142. The summed E-state index contributed by atoms with van der Waals surface area (Å²) in [4.78, 5) is 39.2. The minimum Gasteiger partial charge on any atom is -0.458 e. The van der Waals surface area contributed by atoms with E-state index < -0.39 is 127 Å². The number of carbonyl (C=O) groups is 3. The van der Waals surface area contributed by atoms with Crippen molar-refractivity contribution >= 4 is 37.8 Å². The van der Waals surface area contributed by atoms with E-state index >= 15 is 4.39 Å². The Kier molecular flexibility index (Phi) is 9.86. The number of hydrogen-bond acceptors (Lipinski definition) is 12. The average Bonchev–Trinajstić information content (AvgIpc) is 3.34. The summed E-state index contributed by atoms with van der Waals surface area (Å²) in [5.41, 5.74) is -16.3. The maximum atomic E-state index is 16.2. The van der Waals surface area contributed by atoms with Crippen molar-refractivity contribution < 1.29 is 84.5 Å². The molecule has 1 aliphatic heterocycles. The van der Waals surface area contributed by atoms with Crippen molar-refractivity contribution in [2.45, 2.75) is 94.7 Å². The molecule has 12 nitrogen and oxygen atoms in total. The summed E-state index contributed by atoms with van der Waals surface area (Å²) in [6.45, 7) is 5.43. The largest absolute Gasteiger partial charge is 0.534 e. The molecule has 0 radical (unpaired) electrons. The molecule has 1 aromatic rings. The lowest BCUT2D eigenvalue weighted by Gasteiger charge is -2.50. The summed E-state index contributed by atoms with van der Waals surface area (Å²) in [7, 11) is -12.6. The second-order valence-electron chi connectivity index (χ2n) is 12.7. The molecule has 21 heteroatoms. The lowest BCUT2D eigenvalue weighted by atomic mass is 9.56. The van der Waals surface area contributed by atoms with Crippen molar-refractivity contribution in [1.82, 2.24) is 0 Å². The van der Waals surface area contributed by atoms with E-state index in [-0.39, 0.29) is 12.0 Å². The molecule has 3 aliphatic rings. The summed E-state index contributed by atoms with van der Waals surface area (Å²) in [5, 5.41) is 0. The van der Waals surface area contributed by atoms with Gasteiger partial charge in [0.2, 0.25) is 5.78 Å². The van der Waals surface area contributed by atoms with Gasteiger partial charge in [0.05, 0.1) is 6.10 Å². The Labute approximate surface area is 275 Å². The topological polar surface area (TPSA) is 166 Å². The summed E-state index contributed by atoms with van der Waals surface area (Å²) in [5.74, 6) is -8.54. The van der Waals surface area contributed by atoms with E-state index in [2.05, 4.69) is 8.37 Å². The molecule has 1 aromatic carbocycles. The van der Waals surface area contributed by atoms with Crippen molar-refractivity contribution in [2.75, 3.05) is 6.61 Å². The highest BCUT2D eigenvalue weighted by molar-refractivity contribution is 7.88. The summed E-state index contributed by atoms with van der Waals surface area (Å²) >= 11 is 0. The third-order valence-corrected chi connectivity index (χ3v) is 11.1. The average molecular weight is 757 g/mol. The molecule has 7 atom stereocenters. The van der Waals surface area contributed by atoms with Gasteiger partial charge in [-0.15, -0.1) is 0 Å². The molecular formula is C28H31F7O12S2. The molecule has 2 saturated carbocycles. The summed E-state index contributed by atoms with van der Waals surface area (Å²) in [6, 6.07) is 2.45. The van der Waals surface area contributed by atoms with Crippen LogP contribution in [0, 0.1) is 24.2 Å². The normalized spacial score (nSPS) is 30.7. The molecule has 0 N–H and O–H groups in total. The minimum absolute atomic E-state index is 0.0347. The van der Waals surface area contributed by atoms with Crippen LogP contribution in [0.4, 0.5) is 30.7 Å². The van der Waals surface area contributed by atoms with Crippen LogP contribution in [-0.4, -0.2) is 75.6 Å². The van der Waals surface area contributed by atoms with Gasteiger partial charge in [0.25, 0.3) is 0 Å². The Morgan fingerprint density at radius 1 is 1.02 bits per heavy atom. The zero-order chi connectivity index (χ0) is 37.3. The second-order valence-corrected chi connectivity index (χ2v) is 15.8. The molecule has 0 aromatic heterocycles. The lowest BCUT2D eigenvalue weighted by molar-refractivity contribution is -0.214. The van der Waals surface area contributed by atoms with Gasteiger partial charge in [-0.05, 0) is 69.2 Å². The van der Waals surface area contributed by atoms with Crippen molar-refractivity contribution in [1.29, 1.82) is 0 Å². The Balaban J connectivity index is 1.81. The number of esters is 1. The van der Waals surface area contributed by atoms with Gasteiger partial charge < -0.3 is 18.4 Å². The molecular weight excluding hydrogens is 725 g/mol. The standard InChI is InChI=1S/C28H31F7O12S2/c1-13-6-7-15(45-48(39,40)27(30,31)32)8-16(13)19(29)9-17-18-10-22-26(47-24(3,4)44-22,21(37)12-43-14(2)36)25(18,5)11-20(23(17)38)46-49(41,42)28(33,34)35/h6-8,17-20,22H,9-12H2,1-5H3/t17-,18?,19-,20+,22+,25-,26+/m0/s1. The van der Waals surface area contributed by atoms with Crippen LogP contribution in [0.25, 0.3) is 0 Å². The molecule has 1 heterocycles. The molecule has 0 bridgehead atoms. The highest BCUT2D eigenvalue weighted by Crippen LogP contribution is 2.66. The van der Waals surface area contributed by atoms with Crippen LogP contribution in [0.3, 0.4) is 0 Å². The van der Waals surface area contributed by atoms with Crippen molar-refractivity contribution in [3.05, 3.63) is 29.3 Å². The fraction of sp³-hybridized carbons (Fsp3) is 0.679. The Bertz CT molecular complexity index is 1740. The van der Waals surface area contributed by atoms with Crippen molar-refractivity contribution in [3.63, 3.8) is 0 Å². The molecule has 276 valence electrons. The van der Waals surface area contributed by atoms with Crippen LogP contribution in [-0.2, 0) is 53.0 Å². The van der Waals surface area contributed by atoms with E-state index in [1.807, 2.05) is 0 Å². The Hall–Kier alpha value is -2.88. The lowest BCUT2D eigenvalue weighted by Crippen LogP contribution is -2.62. The van der Waals surface area contributed by atoms with E-state index in [0.29, 0.717) is 6.07 Å². The number of hydrogen-bond donors (Lipinski definition) is 0. The van der Waals surface area contributed by atoms with Gasteiger partial charge in [-0.1, -0.05) is 13.0 Å². The Morgan fingerprint density at radius 2 is 1.61 bits per heavy atom. The predicted molar refractivity (Wildman–Crippen MR) is 149 cm³/mol. The number of fused-ring (bicyclic) bond motifs is 3. The van der Waals surface area contributed by atoms with Crippen LogP contribution in [0.1, 0.15) is 64.3 Å². The molecule has 1 saturated heterocycles. The second kappa shape index (κ2) is 12.4. The highest BCUT2D eigenvalue weighted by Gasteiger charge is 2.76. The molecule has 1 unspecified atom stereocenters. The number of alkyl halides is 7. The Morgan fingerprint density at radius 3 is 2.16 bits per heavy atom.